The summed E-state index contributed by atoms with van der Waals surface area (Å²) in [7, 11) is 2.11. The lowest BCUT2D eigenvalue weighted by Gasteiger charge is -2.36. The van der Waals surface area contributed by atoms with Crippen LogP contribution < -0.4 is 9.80 Å². The van der Waals surface area contributed by atoms with Crippen LogP contribution in [0.4, 0.5) is 11.6 Å². The minimum Gasteiger partial charge on any atom is -0.361 e. The van der Waals surface area contributed by atoms with E-state index in [0.29, 0.717) is 0 Å². The number of aromatic nitrogens is 4. The van der Waals surface area contributed by atoms with E-state index in [0.717, 1.165) is 60.5 Å². The van der Waals surface area contributed by atoms with Crippen LogP contribution >= 0.6 is 0 Å². The number of pyridine rings is 2. The predicted molar refractivity (Wildman–Crippen MR) is 119 cm³/mol. The smallest absolute Gasteiger partial charge is 0.143 e. The Balaban J connectivity index is 1.55. The van der Waals surface area contributed by atoms with Crippen molar-refractivity contribution in [2.45, 2.75) is 20.8 Å². The van der Waals surface area contributed by atoms with Crippen LogP contribution in [0.5, 0.6) is 0 Å². The Morgan fingerprint density at radius 1 is 0.967 bits per heavy atom. The first-order valence-electron chi connectivity index (χ1n) is 10.3. The molecule has 0 bridgehead atoms. The van der Waals surface area contributed by atoms with Crippen molar-refractivity contribution >= 4 is 22.5 Å². The highest BCUT2D eigenvalue weighted by molar-refractivity contribution is 5.94. The second-order valence-corrected chi connectivity index (χ2v) is 7.97. The maximum absolute atomic E-state index is 5.42. The number of piperazine rings is 1. The van der Waals surface area contributed by atoms with Crippen molar-refractivity contribution in [2.24, 2.45) is 7.05 Å². The van der Waals surface area contributed by atoms with Gasteiger partial charge in [0.25, 0.3) is 0 Å². The van der Waals surface area contributed by atoms with E-state index in [-0.39, 0.29) is 0 Å². The van der Waals surface area contributed by atoms with Gasteiger partial charge in [0.15, 0.2) is 0 Å². The van der Waals surface area contributed by atoms with Gasteiger partial charge in [0.05, 0.1) is 22.5 Å². The molecule has 1 saturated heterocycles. The number of rotatable bonds is 3. The largest absolute Gasteiger partial charge is 0.361 e. The second-order valence-electron chi connectivity index (χ2n) is 7.97. The molecule has 0 radical (unpaired) electrons. The summed E-state index contributed by atoms with van der Waals surface area (Å²) in [6.07, 6.45) is 1.85. The van der Waals surface area contributed by atoms with Crippen molar-refractivity contribution in [3.8, 4) is 11.3 Å². The molecule has 4 aromatic heterocycles. The van der Waals surface area contributed by atoms with Crippen molar-refractivity contribution < 1.29 is 4.52 Å². The summed E-state index contributed by atoms with van der Waals surface area (Å²) in [6.45, 7) is 9.69. The van der Waals surface area contributed by atoms with E-state index in [1.807, 2.05) is 32.2 Å². The fraction of sp³-hybridized carbons (Fsp3) is 0.348. The molecule has 0 aromatic carbocycles. The molecule has 5 rings (SSSR count). The summed E-state index contributed by atoms with van der Waals surface area (Å²) in [5.41, 5.74) is 5.18. The van der Waals surface area contributed by atoms with E-state index in [1.54, 1.807) is 0 Å². The molecule has 30 heavy (non-hydrogen) atoms. The molecule has 7 nitrogen and oxygen atoms in total. The summed E-state index contributed by atoms with van der Waals surface area (Å²) in [5, 5.41) is 5.33. The predicted octanol–water partition coefficient (Wildman–Crippen LogP) is 3.88. The first-order chi connectivity index (χ1) is 14.5. The lowest BCUT2D eigenvalue weighted by molar-refractivity contribution is 0.393. The van der Waals surface area contributed by atoms with Gasteiger partial charge in [0, 0.05) is 50.5 Å². The van der Waals surface area contributed by atoms with E-state index < -0.39 is 0 Å². The average Bonchev–Trinajstić information content (AvgIpc) is 3.26. The normalized spacial score (nSPS) is 14.7. The summed E-state index contributed by atoms with van der Waals surface area (Å²) in [6, 6.07) is 10.5. The zero-order valence-electron chi connectivity index (χ0n) is 17.9. The van der Waals surface area contributed by atoms with Crippen LogP contribution in [-0.4, -0.2) is 45.9 Å². The van der Waals surface area contributed by atoms with Crippen LogP contribution in [-0.2, 0) is 7.05 Å². The highest BCUT2D eigenvalue weighted by atomic mass is 16.5. The number of hydrogen-bond donors (Lipinski definition) is 0. The fourth-order valence-corrected chi connectivity index (χ4v) is 4.35. The minimum absolute atomic E-state index is 0.802. The van der Waals surface area contributed by atoms with Crippen molar-refractivity contribution in [3.05, 3.63) is 53.7 Å². The van der Waals surface area contributed by atoms with Crippen LogP contribution in [0.1, 0.15) is 17.1 Å². The lowest BCUT2D eigenvalue weighted by Crippen LogP contribution is -2.47. The van der Waals surface area contributed by atoms with Crippen LogP contribution in [0.15, 0.2) is 41.1 Å². The minimum atomic E-state index is 0.802. The maximum Gasteiger partial charge on any atom is 0.143 e. The molecule has 154 valence electrons. The zero-order valence-corrected chi connectivity index (χ0v) is 17.9. The molecule has 4 aromatic rings. The van der Waals surface area contributed by atoms with Gasteiger partial charge in [0.1, 0.15) is 17.4 Å². The number of anilines is 2. The third kappa shape index (κ3) is 3.01. The number of nitrogens with zero attached hydrogens (tertiary/aromatic N) is 6. The molecule has 0 saturated carbocycles. The Hall–Kier alpha value is -3.35. The highest BCUT2D eigenvalue weighted by Crippen LogP contribution is 2.34. The van der Waals surface area contributed by atoms with Gasteiger partial charge in [-0.2, -0.15) is 0 Å². The summed E-state index contributed by atoms with van der Waals surface area (Å²) >= 11 is 0. The van der Waals surface area contributed by atoms with E-state index in [1.165, 1.54) is 16.6 Å². The van der Waals surface area contributed by atoms with Crippen molar-refractivity contribution in [1.82, 2.24) is 19.7 Å². The van der Waals surface area contributed by atoms with Gasteiger partial charge in [-0.15, -0.1) is 0 Å². The van der Waals surface area contributed by atoms with E-state index >= 15 is 0 Å². The summed E-state index contributed by atoms with van der Waals surface area (Å²) < 4.78 is 7.65. The van der Waals surface area contributed by atoms with Crippen LogP contribution in [0.3, 0.4) is 0 Å². The molecule has 0 N–H and O–H groups in total. The lowest BCUT2D eigenvalue weighted by atomic mass is 10.1. The molecule has 1 fully saturated rings. The second kappa shape index (κ2) is 7.16. The molecule has 1 aliphatic rings. The van der Waals surface area contributed by atoms with Gasteiger partial charge >= 0.3 is 0 Å². The Kier molecular flexibility index (Phi) is 4.46. The van der Waals surface area contributed by atoms with E-state index in [2.05, 4.69) is 56.7 Å². The third-order valence-electron chi connectivity index (χ3n) is 6.10. The van der Waals surface area contributed by atoms with Gasteiger partial charge in [-0.05, 0) is 45.0 Å². The number of hydrogen-bond acceptors (Lipinski definition) is 6. The van der Waals surface area contributed by atoms with Crippen molar-refractivity contribution in [3.63, 3.8) is 0 Å². The average molecular weight is 403 g/mol. The van der Waals surface area contributed by atoms with E-state index in [9.17, 15) is 0 Å². The zero-order chi connectivity index (χ0) is 20.8. The summed E-state index contributed by atoms with van der Waals surface area (Å²) in [4.78, 5) is 14.3. The maximum atomic E-state index is 5.42. The Bertz CT molecular complexity index is 1180. The number of aryl methyl sites for hydroxylation is 4. The molecule has 1 aliphatic heterocycles. The molecular formula is C23H26N6O. The Labute approximate surface area is 175 Å². The molecule has 0 spiro atoms. The molecular weight excluding hydrogens is 376 g/mol. The SMILES string of the molecule is Cc1noc(C)c1-c1cc2c(cc(C)n2C)c(N2CCN(c3ccccn3)CC2)n1. The van der Waals surface area contributed by atoms with Gasteiger partial charge in [-0.25, -0.2) is 9.97 Å². The Morgan fingerprint density at radius 3 is 2.40 bits per heavy atom. The molecule has 5 heterocycles. The van der Waals surface area contributed by atoms with E-state index in [4.69, 9.17) is 9.51 Å². The van der Waals surface area contributed by atoms with Crippen LogP contribution in [0, 0.1) is 20.8 Å². The molecule has 0 aliphatic carbocycles. The van der Waals surface area contributed by atoms with Gasteiger partial charge in [-0.3, -0.25) is 0 Å². The van der Waals surface area contributed by atoms with Gasteiger partial charge in [-0.1, -0.05) is 11.2 Å². The standard InChI is InChI=1S/C23H26N6O/c1-15-13-18-20(27(15)4)14-19(22-16(2)26-30-17(22)3)25-23(18)29-11-9-28(10-12-29)21-7-5-6-8-24-21/h5-8,13-14H,9-12H2,1-4H3. The quantitative estimate of drug-likeness (QED) is 0.518. The third-order valence-corrected chi connectivity index (χ3v) is 6.10. The van der Waals surface area contributed by atoms with Gasteiger partial charge < -0.3 is 18.9 Å². The first-order valence-corrected chi connectivity index (χ1v) is 10.3. The Morgan fingerprint density at radius 2 is 1.73 bits per heavy atom. The monoisotopic (exact) mass is 402 g/mol. The molecule has 0 atom stereocenters. The fourth-order valence-electron chi connectivity index (χ4n) is 4.35. The topological polar surface area (TPSA) is 63.2 Å². The molecule has 0 unspecified atom stereocenters. The molecule has 0 amide bonds. The van der Waals surface area contributed by atoms with Gasteiger partial charge in [0.2, 0.25) is 0 Å². The summed E-state index contributed by atoms with van der Waals surface area (Å²) in [5.74, 6) is 2.87. The first kappa shape index (κ1) is 18.7. The van der Waals surface area contributed by atoms with Crippen LogP contribution in [0.25, 0.3) is 22.2 Å². The van der Waals surface area contributed by atoms with Crippen molar-refractivity contribution in [1.29, 1.82) is 0 Å². The molecule has 7 heteroatoms. The number of fused-ring (bicyclic) bond motifs is 1. The van der Waals surface area contributed by atoms with Crippen molar-refractivity contribution in [2.75, 3.05) is 36.0 Å². The highest BCUT2D eigenvalue weighted by Gasteiger charge is 2.24. The van der Waals surface area contributed by atoms with Crippen LogP contribution in [0.2, 0.25) is 0 Å².